The lowest BCUT2D eigenvalue weighted by Gasteiger charge is -2.21. The number of hydrogen-bond donors (Lipinski definition) is 0. The fraction of sp³-hybridized carbons (Fsp3) is 0.278. The largest absolute Gasteiger partial charge is 0.462 e. The van der Waals surface area contributed by atoms with Gasteiger partial charge >= 0.3 is 5.97 Å². The van der Waals surface area contributed by atoms with Crippen LogP contribution in [0.25, 0.3) is 0 Å². The van der Waals surface area contributed by atoms with Gasteiger partial charge in [0.1, 0.15) is 5.69 Å². The van der Waals surface area contributed by atoms with Crippen LogP contribution in [0.2, 0.25) is 0 Å². The third-order valence-corrected chi connectivity index (χ3v) is 3.85. The predicted molar refractivity (Wildman–Crippen MR) is 98.7 cm³/mol. The summed E-state index contributed by atoms with van der Waals surface area (Å²) in [5.74, 6) is -0.352. The molecule has 2 aromatic rings. The number of ether oxygens (including phenoxy) is 1. The van der Waals surface area contributed by atoms with E-state index in [1.165, 1.54) is 0 Å². The van der Waals surface area contributed by atoms with Crippen molar-refractivity contribution >= 4 is 33.3 Å². The van der Waals surface area contributed by atoms with Crippen molar-refractivity contribution in [2.45, 2.75) is 26.8 Å². The van der Waals surface area contributed by atoms with Crippen molar-refractivity contribution in [1.82, 2.24) is 0 Å². The first-order chi connectivity index (χ1) is 11.5. The van der Waals surface area contributed by atoms with Crippen LogP contribution in [-0.2, 0) is 4.74 Å². The van der Waals surface area contributed by atoms with Gasteiger partial charge in [0, 0.05) is 10.5 Å². The Labute approximate surface area is 150 Å². The summed E-state index contributed by atoms with van der Waals surface area (Å²) in [5, 5.41) is 10.5. The molecule has 0 aliphatic heterocycles. The highest BCUT2D eigenvalue weighted by Crippen LogP contribution is 2.28. The van der Waals surface area contributed by atoms with Gasteiger partial charge < -0.3 is 4.74 Å². The lowest BCUT2D eigenvalue weighted by molar-refractivity contribution is 0.0526. The van der Waals surface area contributed by atoms with Crippen LogP contribution in [0, 0.1) is 0 Å². The molecule has 0 unspecified atom stereocenters. The van der Waals surface area contributed by atoms with Gasteiger partial charge in [-0.05, 0) is 67.0 Å². The van der Waals surface area contributed by atoms with Crippen LogP contribution in [-0.4, -0.2) is 18.6 Å². The van der Waals surface area contributed by atoms with Gasteiger partial charge in [-0.15, -0.1) is 5.11 Å². The minimum atomic E-state index is -0.352. The predicted octanol–water partition coefficient (Wildman–Crippen LogP) is 5.54. The first-order valence-corrected chi connectivity index (χ1v) is 8.54. The first-order valence-electron chi connectivity index (χ1n) is 7.75. The van der Waals surface area contributed by atoms with Crippen LogP contribution in [0.5, 0.6) is 0 Å². The molecule has 0 saturated carbocycles. The van der Waals surface area contributed by atoms with Crippen molar-refractivity contribution in [3.05, 3.63) is 58.6 Å². The highest BCUT2D eigenvalue weighted by Gasteiger charge is 2.11. The molecule has 0 bridgehead atoms. The molecule has 5 nitrogen and oxygen atoms in total. The molecule has 0 heterocycles. The summed E-state index contributed by atoms with van der Waals surface area (Å²) < 4.78 is 5.68. The van der Waals surface area contributed by atoms with E-state index in [0.717, 1.165) is 5.69 Å². The first kappa shape index (κ1) is 18.1. The molecule has 0 aromatic heterocycles. The normalized spacial score (nSPS) is 11.0. The Morgan fingerprint density at radius 2 is 1.92 bits per heavy atom. The van der Waals surface area contributed by atoms with Crippen LogP contribution in [0.15, 0.2) is 63.3 Å². The summed E-state index contributed by atoms with van der Waals surface area (Å²) in [4.78, 5) is 11.7. The molecule has 126 valence electrons. The number of benzene rings is 2. The average molecular weight is 390 g/mol. The van der Waals surface area contributed by atoms with Gasteiger partial charge in [0.25, 0.3) is 0 Å². The number of carbonyl (C=O) groups is 1. The van der Waals surface area contributed by atoms with E-state index < -0.39 is 0 Å². The van der Waals surface area contributed by atoms with Crippen LogP contribution >= 0.6 is 15.9 Å². The Balaban J connectivity index is 2.22. The molecule has 0 aliphatic rings. The summed E-state index contributed by atoms with van der Waals surface area (Å²) in [6.45, 7) is 6.22. The molecule has 0 fully saturated rings. The highest BCUT2D eigenvalue weighted by molar-refractivity contribution is 9.10. The summed E-state index contributed by atoms with van der Waals surface area (Å²) in [6, 6.07) is 15.1. The van der Waals surface area contributed by atoms with E-state index in [2.05, 4.69) is 26.3 Å². The lowest BCUT2D eigenvalue weighted by atomic mass is 10.2. The lowest BCUT2D eigenvalue weighted by Crippen LogP contribution is -2.24. The fourth-order valence-corrected chi connectivity index (χ4v) is 2.52. The molecule has 0 atom stereocenters. The number of hydrogen-bond acceptors (Lipinski definition) is 4. The van der Waals surface area contributed by atoms with E-state index in [9.17, 15) is 4.79 Å². The number of anilines is 1. The van der Waals surface area contributed by atoms with Crippen molar-refractivity contribution in [3.8, 4) is 0 Å². The number of esters is 1. The van der Waals surface area contributed by atoms with Gasteiger partial charge in [0.05, 0.1) is 17.9 Å². The SMILES string of the molecule is CCOC(=O)c1ccc(N=NN(c2ccccc2)C(C)C)c(Br)c1. The Hall–Kier alpha value is -2.21. The third-order valence-electron chi connectivity index (χ3n) is 3.22. The van der Waals surface area contributed by atoms with Crippen LogP contribution in [0.1, 0.15) is 31.1 Å². The quantitative estimate of drug-likeness (QED) is 0.370. The molecule has 0 radical (unpaired) electrons. The summed E-state index contributed by atoms with van der Waals surface area (Å²) in [5.41, 5.74) is 2.09. The minimum Gasteiger partial charge on any atom is -0.462 e. The second kappa shape index (κ2) is 8.59. The van der Waals surface area contributed by atoms with Gasteiger partial charge in [0.2, 0.25) is 0 Å². The molecule has 0 saturated heterocycles. The maximum atomic E-state index is 11.7. The number of nitrogens with zero attached hydrogens (tertiary/aromatic N) is 3. The Morgan fingerprint density at radius 1 is 1.21 bits per heavy atom. The van der Waals surface area contributed by atoms with E-state index in [4.69, 9.17) is 4.74 Å². The summed E-state index contributed by atoms with van der Waals surface area (Å²) in [7, 11) is 0. The van der Waals surface area contributed by atoms with Crippen molar-refractivity contribution in [1.29, 1.82) is 0 Å². The van der Waals surface area contributed by atoms with Crippen LogP contribution in [0.3, 0.4) is 0 Å². The molecule has 0 aliphatic carbocycles. The highest BCUT2D eigenvalue weighted by atomic mass is 79.9. The molecule has 0 amide bonds. The molecular formula is C18H20BrN3O2. The Bertz CT molecular complexity index is 717. The second-order valence-electron chi connectivity index (χ2n) is 5.35. The smallest absolute Gasteiger partial charge is 0.338 e. The zero-order valence-corrected chi connectivity index (χ0v) is 15.5. The van der Waals surface area contributed by atoms with Gasteiger partial charge in [0.15, 0.2) is 0 Å². The Morgan fingerprint density at radius 3 is 2.50 bits per heavy atom. The maximum Gasteiger partial charge on any atom is 0.338 e. The van der Waals surface area contributed by atoms with E-state index in [0.29, 0.717) is 22.3 Å². The maximum absolute atomic E-state index is 11.7. The van der Waals surface area contributed by atoms with Crippen LogP contribution in [0.4, 0.5) is 11.4 Å². The van der Waals surface area contributed by atoms with E-state index in [1.807, 2.05) is 49.2 Å². The molecule has 2 aromatic carbocycles. The molecule has 0 spiro atoms. The Kier molecular flexibility index (Phi) is 6.49. The van der Waals surface area contributed by atoms with Crippen molar-refractivity contribution in [3.63, 3.8) is 0 Å². The molecule has 24 heavy (non-hydrogen) atoms. The van der Waals surface area contributed by atoms with Gasteiger partial charge in [-0.3, -0.25) is 0 Å². The van der Waals surface area contributed by atoms with Crippen molar-refractivity contribution < 1.29 is 9.53 Å². The summed E-state index contributed by atoms with van der Waals surface area (Å²) in [6.07, 6.45) is 0. The molecule has 6 heteroatoms. The monoisotopic (exact) mass is 389 g/mol. The van der Waals surface area contributed by atoms with E-state index >= 15 is 0 Å². The van der Waals surface area contributed by atoms with Crippen molar-refractivity contribution in [2.75, 3.05) is 11.6 Å². The van der Waals surface area contributed by atoms with Crippen LogP contribution < -0.4 is 5.01 Å². The average Bonchev–Trinajstić information content (AvgIpc) is 2.57. The zero-order valence-electron chi connectivity index (χ0n) is 13.9. The number of carbonyl (C=O) groups excluding carboxylic acids is 1. The van der Waals surface area contributed by atoms with E-state index in [1.54, 1.807) is 25.1 Å². The number of rotatable bonds is 6. The van der Waals surface area contributed by atoms with Gasteiger partial charge in [-0.25, -0.2) is 9.80 Å². The van der Waals surface area contributed by atoms with E-state index in [-0.39, 0.29) is 12.0 Å². The molecular weight excluding hydrogens is 370 g/mol. The standard InChI is InChI=1S/C18H20BrN3O2/c1-4-24-18(23)14-10-11-17(16(19)12-14)20-21-22(13(2)3)15-8-6-5-7-9-15/h5-13H,4H2,1-3H3. The number of halogens is 1. The molecule has 2 rings (SSSR count). The van der Waals surface area contributed by atoms with Crippen molar-refractivity contribution in [2.24, 2.45) is 10.3 Å². The zero-order chi connectivity index (χ0) is 17.5. The van der Waals surface area contributed by atoms with Gasteiger partial charge in [-0.1, -0.05) is 23.4 Å². The number of para-hydroxylation sites is 1. The second-order valence-corrected chi connectivity index (χ2v) is 6.20. The third kappa shape index (κ3) is 4.64. The fourth-order valence-electron chi connectivity index (χ4n) is 2.06. The molecule has 0 N–H and O–H groups in total. The minimum absolute atomic E-state index is 0.161. The summed E-state index contributed by atoms with van der Waals surface area (Å²) >= 11 is 3.43. The van der Waals surface area contributed by atoms with Gasteiger partial charge in [-0.2, -0.15) is 0 Å². The topological polar surface area (TPSA) is 54.3 Å².